The van der Waals surface area contributed by atoms with Gasteiger partial charge in [-0.3, -0.25) is 0 Å². The Balaban J connectivity index is 2.09. The summed E-state index contributed by atoms with van der Waals surface area (Å²) < 4.78 is 55.9. The molecule has 106 valence electrons. The van der Waals surface area contributed by atoms with Crippen LogP contribution < -0.4 is 10.2 Å². The molecule has 0 atom stereocenters. The first-order valence-corrected chi connectivity index (χ1v) is 6.11. The second-order valence-electron chi connectivity index (χ2n) is 4.18. The molecule has 20 heavy (non-hydrogen) atoms. The third-order valence-electron chi connectivity index (χ3n) is 2.63. The second kappa shape index (κ2) is 5.75. The summed E-state index contributed by atoms with van der Waals surface area (Å²) in [4.78, 5) is 0. The SMILES string of the molecule is Fc1ccc(COc2cccc([B-](F)(F)F)c2)cc1Cl. The molecule has 0 amide bonds. The summed E-state index contributed by atoms with van der Waals surface area (Å²) in [5.41, 5.74) is -0.154. The van der Waals surface area contributed by atoms with Crippen molar-refractivity contribution in [3.8, 4) is 5.75 Å². The highest BCUT2D eigenvalue weighted by Crippen LogP contribution is 2.19. The first-order chi connectivity index (χ1) is 9.36. The largest absolute Gasteiger partial charge is 0.509 e. The van der Waals surface area contributed by atoms with Crippen molar-refractivity contribution in [3.05, 3.63) is 58.9 Å². The number of ether oxygens (including phenoxy) is 1. The van der Waals surface area contributed by atoms with E-state index in [1.165, 1.54) is 30.3 Å². The monoisotopic (exact) mass is 303 g/mol. The van der Waals surface area contributed by atoms with Gasteiger partial charge >= 0.3 is 6.98 Å². The maximum Gasteiger partial charge on any atom is 0.509 e. The molecule has 0 fully saturated rings. The van der Waals surface area contributed by atoms with E-state index in [2.05, 4.69) is 0 Å². The van der Waals surface area contributed by atoms with Gasteiger partial charge in [0.05, 0.1) is 5.02 Å². The molecule has 0 spiro atoms. The highest BCUT2D eigenvalue weighted by molar-refractivity contribution is 6.73. The summed E-state index contributed by atoms with van der Waals surface area (Å²) in [6, 6.07) is 8.63. The molecule has 0 aromatic heterocycles. The molecule has 0 saturated heterocycles. The van der Waals surface area contributed by atoms with Crippen molar-refractivity contribution >= 4 is 24.0 Å². The van der Waals surface area contributed by atoms with Gasteiger partial charge < -0.3 is 17.7 Å². The lowest BCUT2D eigenvalue weighted by Gasteiger charge is -2.16. The van der Waals surface area contributed by atoms with Gasteiger partial charge in [-0.25, -0.2) is 4.39 Å². The molecule has 0 N–H and O–H groups in total. The van der Waals surface area contributed by atoms with E-state index in [-0.39, 0.29) is 17.4 Å². The normalized spacial score (nSPS) is 11.4. The minimum Gasteiger partial charge on any atom is -0.489 e. The molecular weight excluding hydrogens is 294 g/mol. The molecule has 0 heterocycles. The number of halogens is 5. The number of hydrogen-bond acceptors (Lipinski definition) is 1. The summed E-state index contributed by atoms with van der Waals surface area (Å²) >= 11 is 5.60. The lowest BCUT2D eigenvalue weighted by Crippen LogP contribution is -2.33. The van der Waals surface area contributed by atoms with Crippen LogP contribution in [0.2, 0.25) is 5.02 Å². The Labute approximate surface area is 118 Å². The summed E-state index contributed by atoms with van der Waals surface area (Å²) in [7, 11) is 0. The van der Waals surface area contributed by atoms with Gasteiger partial charge in [0.2, 0.25) is 0 Å². The van der Waals surface area contributed by atoms with Gasteiger partial charge in [-0.05, 0) is 29.8 Å². The van der Waals surface area contributed by atoms with Gasteiger partial charge in [-0.1, -0.05) is 29.8 Å². The number of hydrogen-bond donors (Lipinski definition) is 0. The van der Waals surface area contributed by atoms with Crippen LogP contribution >= 0.6 is 11.6 Å². The zero-order valence-corrected chi connectivity index (χ0v) is 10.9. The van der Waals surface area contributed by atoms with Gasteiger partial charge in [0, 0.05) is 0 Å². The maximum atomic E-state index is 13.0. The zero-order valence-electron chi connectivity index (χ0n) is 10.1. The van der Waals surface area contributed by atoms with Crippen molar-refractivity contribution in [2.24, 2.45) is 0 Å². The fraction of sp³-hybridized carbons (Fsp3) is 0.0769. The van der Waals surface area contributed by atoms with E-state index >= 15 is 0 Å². The maximum absolute atomic E-state index is 13.0. The number of rotatable bonds is 4. The van der Waals surface area contributed by atoms with E-state index in [0.29, 0.717) is 5.56 Å². The van der Waals surface area contributed by atoms with Crippen molar-refractivity contribution in [1.29, 1.82) is 0 Å². The Morgan fingerprint density at radius 3 is 2.45 bits per heavy atom. The molecule has 2 aromatic rings. The molecule has 7 heteroatoms. The Bertz CT molecular complexity index is 616. The van der Waals surface area contributed by atoms with E-state index in [9.17, 15) is 17.3 Å². The second-order valence-corrected chi connectivity index (χ2v) is 4.59. The minimum atomic E-state index is -5.06. The fourth-order valence-corrected chi connectivity index (χ4v) is 1.81. The first-order valence-electron chi connectivity index (χ1n) is 5.73. The quantitative estimate of drug-likeness (QED) is 0.610. The van der Waals surface area contributed by atoms with E-state index < -0.39 is 18.3 Å². The summed E-state index contributed by atoms with van der Waals surface area (Å²) in [5, 5.41) is -0.0570. The average Bonchev–Trinajstić information content (AvgIpc) is 2.39. The predicted molar refractivity (Wildman–Crippen MR) is 70.9 cm³/mol. The van der Waals surface area contributed by atoms with Crippen molar-refractivity contribution in [1.82, 2.24) is 0 Å². The predicted octanol–water partition coefficient (Wildman–Crippen LogP) is 4.11. The smallest absolute Gasteiger partial charge is 0.489 e. The van der Waals surface area contributed by atoms with Gasteiger partial charge in [-0.15, -0.1) is 5.46 Å². The third kappa shape index (κ3) is 3.66. The Morgan fingerprint density at radius 2 is 1.80 bits per heavy atom. The summed E-state index contributed by atoms with van der Waals surface area (Å²) in [6.07, 6.45) is 0. The molecule has 1 nitrogen and oxygen atoms in total. The molecular formula is C13H9BClF4O-. The fourth-order valence-electron chi connectivity index (χ4n) is 1.60. The zero-order chi connectivity index (χ0) is 14.8. The van der Waals surface area contributed by atoms with E-state index in [0.717, 1.165) is 12.1 Å². The molecule has 2 rings (SSSR count). The summed E-state index contributed by atoms with van der Waals surface area (Å²) in [6.45, 7) is -5.05. The Hall–Kier alpha value is -1.69. The van der Waals surface area contributed by atoms with Crippen LogP contribution in [-0.2, 0) is 6.61 Å². The standard InChI is InChI=1S/C13H9BClF4O/c15-12-6-9(4-5-13(12)16)8-20-11-3-1-2-10(7-11)14(17,18)19/h1-7H,8H2/q-1. The van der Waals surface area contributed by atoms with Crippen LogP contribution in [0.5, 0.6) is 5.75 Å². The minimum absolute atomic E-state index is 0.00824. The molecule has 0 unspecified atom stereocenters. The molecule has 0 radical (unpaired) electrons. The van der Waals surface area contributed by atoms with Crippen LogP contribution in [0.25, 0.3) is 0 Å². The van der Waals surface area contributed by atoms with Crippen LogP contribution in [0, 0.1) is 5.82 Å². The number of benzene rings is 2. The molecule has 2 aromatic carbocycles. The molecule has 0 bridgehead atoms. The van der Waals surface area contributed by atoms with E-state index in [1.54, 1.807) is 0 Å². The van der Waals surface area contributed by atoms with E-state index in [1.807, 2.05) is 0 Å². The van der Waals surface area contributed by atoms with Crippen molar-refractivity contribution in [2.75, 3.05) is 0 Å². The molecule has 0 saturated carbocycles. The lowest BCUT2D eigenvalue weighted by molar-refractivity contribution is 0.306. The Kier molecular flexibility index (Phi) is 4.23. The average molecular weight is 303 g/mol. The van der Waals surface area contributed by atoms with Gasteiger partial charge in [0.1, 0.15) is 18.2 Å². The third-order valence-corrected chi connectivity index (χ3v) is 2.92. The van der Waals surface area contributed by atoms with Crippen LogP contribution in [0.1, 0.15) is 5.56 Å². The van der Waals surface area contributed by atoms with Crippen LogP contribution in [-0.4, -0.2) is 6.98 Å². The van der Waals surface area contributed by atoms with Crippen LogP contribution in [0.3, 0.4) is 0 Å². The van der Waals surface area contributed by atoms with E-state index in [4.69, 9.17) is 16.3 Å². The van der Waals surface area contributed by atoms with Gasteiger partial charge in [-0.2, -0.15) is 0 Å². The Morgan fingerprint density at radius 1 is 1.05 bits per heavy atom. The highest BCUT2D eigenvalue weighted by Gasteiger charge is 2.25. The van der Waals surface area contributed by atoms with Crippen LogP contribution in [0.4, 0.5) is 17.3 Å². The lowest BCUT2D eigenvalue weighted by atomic mass is 9.80. The molecule has 0 aliphatic heterocycles. The summed E-state index contributed by atoms with van der Waals surface area (Å²) in [5.74, 6) is -0.459. The van der Waals surface area contributed by atoms with Crippen molar-refractivity contribution in [2.45, 2.75) is 6.61 Å². The topological polar surface area (TPSA) is 9.23 Å². The molecule has 0 aliphatic rings. The van der Waals surface area contributed by atoms with Gasteiger partial charge in [0.25, 0.3) is 0 Å². The molecule has 0 aliphatic carbocycles. The van der Waals surface area contributed by atoms with Gasteiger partial charge in [0.15, 0.2) is 0 Å². The first kappa shape index (κ1) is 14.7. The van der Waals surface area contributed by atoms with Crippen LogP contribution in [0.15, 0.2) is 42.5 Å². The van der Waals surface area contributed by atoms with Crippen molar-refractivity contribution < 1.29 is 22.1 Å². The highest BCUT2D eigenvalue weighted by atomic mass is 35.5. The van der Waals surface area contributed by atoms with Crippen molar-refractivity contribution in [3.63, 3.8) is 0 Å².